The Kier molecular flexibility index (Phi) is 1.12. The first-order valence-corrected chi connectivity index (χ1v) is 3.72. The van der Waals surface area contributed by atoms with Crippen LogP contribution < -0.4 is 0 Å². The number of fused-ring (bicyclic) bond motifs is 1. The second-order valence-corrected chi connectivity index (χ2v) is 3.16. The molecule has 0 spiro atoms. The average Bonchev–Trinajstić information content (AvgIpc) is 1.74. The van der Waals surface area contributed by atoms with E-state index >= 15 is 0 Å². The van der Waals surface area contributed by atoms with Gasteiger partial charge in [0.15, 0.2) is 0 Å². The largest absolute Gasteiger partial charge is 0.389 e. The highest BCUT2D eigenvalue weighted by Gasteiger charge is 2.36. The van der Waals surface area contributed by atoms with Crippen LogP contribution in [0.1, 0.15) is 19.3 Å². The van der Waals surface area contributed by atoms with Gasteiger partial charge in [-0.2, -0.15) is 0 Å². The maximum absolute atomic E-state index is 9.31. The summed E-state index contributed by atoms with van der Waals surface area (Å²) in [5.41, 5.74) is 0. The van der Waals surface area contributed by atoms with E-state index in [0.29, 0.717) is 5.92 Å². The number of rotatable bonds is 0. The van der Waals surface area contributed by atoms with Gasteiger partial charge in [-0.3, -0.25) is 0 Å². The summed E-state index contributed by atoms with van der Waals surface area (Å²) in [7, 11) is 0. The Morgan fingerprint density at radius 2 is 2.22 bits per heavy atom. The Balaban J connectivity index is 2.11. The SMILES string of the molecule is OC1C=CCC2CCC12. The summed E-state index contributed by atoms with van der Waals surface area (Å²) >= 11 is 0. The van der Waals surface area contributed by atoms with Crippen molar-refractivity contribution in [2.45, 2.75) is 25.4 Å². The molecule has 0 amide bonds. The molecule has 1 heteroatoms. The summed E-state index contributed by atoms with van der Waals surface area (Å²) in [4.78, 5) is 0. The summed E-state index contributed by atoms with van der Waals surface area (Å²) in [6, 6.07) is 0. The predicted octanol–water partition coefficient (Wildman–Crippen LogP) is 1.33. The molecule has 0 aromatic heterocycles. The van der Waals surface area contributed by atoms with E-state index < -0.39 is 0 Å². The quantitative estimate of drug-likeness (QED) is 0.483. The Bertz CT molecular complexity index is 140. The van der Waals surface area contributed by atoms with Gasteiger partial charge < -0.3 is 5.11 Å². The minimum atomic E-state index is -0.113. The topological polar surface area (TPSA) is 20.2 Å². The molecule has 0 bridgehead atoms. The molecule has 1 N–H and O–H groups in total. The van der Waals surface area contributed by atoms with Crippen LogP contribution in [-0.4, -0.2) is 11.2 Å². The minimum Gasteiger partial charge on any atom is -0.389 e. The van der Waals surface area contributed by atoms with E-state index in [9.17, 15) is 5.11 Å². The van der Waals surface area contributed by atoms with E-state index in [1.54, 1.807) is 0 Å². The van der Waals surface area contributed by atoms with Gasteiger partial charge in [0.1, 0.15) is 0 Å². The molecule has 1 nitrogen and oxygen atoms in total. The third-order valence-electron chi connectivity index (χ3n) is 2.69. The van der Waals surface area contributed by atoms with Gasteiger partial charge in [0.2, 0.25) is 0 Å². The molecule has 1 fully saturated rings. The molecule has 2 aliphatic carbocycles. The Morgan fingerprint density at radius 1 is 1.33 bits per heavy atom. The molecule has 3 atom stereocenters. The van der Waals surface area contributed by atoms with Crippen molar-refractivity contribution in [1.82, 2.24) is 0 Å². The van der Waals surface area contributed by atoms with Crippen LogP contribution in [0.15, 0.2) is 12.2 Å². The maximum Gasteiger partial charge on any atom is 0.0751 e. The zero-order chi connectivity index (χ0) is 6.27. The van der Waals surface area contributed by atoms with Crippen LogP contribution in [0, 0.1) is 11.8 Å². The van der Waals surface area contributed by atoms with Crippen molar-refractivity contribution >= 4 is 0 Å². The van der Waals surface area contributed by atoms with Crippen LogP contribution in [0.25, 0.3) is 0 Å². The lowest BCUT2D eigenvalue weighted by molar-refractivity contribution is 0.0358. The van der Waals surface area contributed by atoms with E-state index in [2.05, 4.69) is 6.08 Å². The number of aliphatic hydroxyl groups excluding tert-OH is 1. The fourth-order valence-electron chi connectivity index (χ4n) is 1.87. The van der Waals surface area contributed by atoms with Crippen molar-refractivity contribution in [3.05, 3.63) is 12.2 Å². The Hall–Kier alpha value is -0.300. The first-order chi connectivity index (χ1) is 4.38. The van der Waals surface area contributed by atoms with Crippen LogP contribution in [0.3, 0.4) is 0 Å². The van der Waals surface area contributed by atoms with E-state index in [1.807, 2.05) is 6.08 Å². The standard InChI is InChI=1S/C8H12O/c9-8-3-1-2-6-4-5-7(6)8/h1,3,6-9H,2,4-5H2. The van der Waals surface area contributed by atoms with Crippen LogP contribution in [-0.2, 0) is 0 Å². The fourth-order valence-corrected chi connectivity index (χ4v) is 1.87. The summed E-state index contributed by atoms with van der Waals surface area (Å²) < 4.78 is 0. The number of hydrogen-bond acceptors (Lipinski definition) is 1. The number of aliphatic hydroxyl groups is 1. The minimum absolute atomic E-state index is 0.113. The molecule has 0 heterocycles. The van der Waals surface area contributed by atoms with Crippen molar-refractivity contribution in [2.75, 3.05) is 0 Å². The molecule has 3 unspecified atom stereocenters. The monoisotopic (exact) mass is 124 g/mol. The average molecular weight is 124 g/mol. The van der Waals surface area contributed by atoms with Gasteiger partial charge in [0.25, 0.3) is 0 Å². The lowest BCUT2D eigenvalue weighted by atomic mass is 9.67. The van der Waals surface area contributed by atoms with Crippen molar-refractivity contribution in [3.63, 3.8) is 0 Å². The highest BCUT2D eigenvalue weighted by molar-refractivity contribution is 5.04. The first kappa shape index (κ1) is 5.48. The zero-order valence-corrected chi connectivity index (χ0v) is 5.46. The van der Waals surface area contributed by atoms with Crippen molar-refractivity contribution in [3.8, 4) is 0 Å². The molecule has 0 radical (unpaired) electrons. The Morgan fingerprint density at radius 3 is 2.67 bits per heavy atom. The number of hydrogen-bond donors (Lipinski definition) is 1. The van der Waals surface area contributed by atoms with Crippen LogP contribution in [0.5, 0.6) is 0 Å². The van der Waals surface area contributed by atoms with E-state index in [0.717, 1.165) is 5.92 Å². The van der Waals surface area contributed by atoms with Gasteiger partial charge in [-0.15, -0.1) is 0 Å². The van der Waals surface area contributed by atoms with Gasteiger partial charge in [-0.25, -0.2) is 0 Å². The van der Waals surface area contributed by atoms with Crippen LogP contribution >= 0.6 is 0 Å². The molecule has 0 aromatic rings. The van der Waals surface area contributed by atoms with Gasteiger partial charge in [0.05, 0.1) is 6.10 Å². The highest BCUT2D eigenvalue weighted by Crippen LogP contribution is 2.42. The van der Waals surface area contributed by atoms with Crippen molar-refractivity contribution in [2.24, 2.45) is 11.8 Å². The predicted molar refractivity (Wildman–Crippen MR) is 36.0 cm³/mol. The smallest absolute Gasteiger partial charge is 0.0751 e. The van der Waals surface area contributed by atoms with Gasteiger partial charge in [0, 0.05) is 0 Å². The van der Waals surface area contributed by atoms with Crippen molar-refractivity contribution in [1.29, 1.82) is 0 Å². The van der Waals surface area contributed by atoms with Crippen molar-refractivity contribution < 1.29 is 5.11 Å². The molecule has 0 saturated heterocycles. The third kappa shape index (κ3) is 0.715. The summed E-state index contributed by atoms with van der Waals surface area (Å²) in [5, 5.41) is 9.31. The molecule has 2 aliphatic rings. The molecule has 1 saturated carbocycles. The van der Waals surface area contributed by atoms with Crippen LogP contribution in [0.2, 0.25) is 0 Å². The zero-order valence-electron chi connectivity index (χ0n) is 5.46. The lowest BCUT2D eigenvalue weighted by Gasteiger charge is -2.40. The second-order valence-electron chi connectivity index (χ2n) is 3.16. The van der Waals surface area contributed by atoms with E-state index in [-0.39, 0.29) is 6.10 Å². The molecule has 50 valence electrons. The number of allylic oxidation sites excluding steroid dienone is 1. The van der Waals surface area contributed by atoms with Crippen LogP contribution in [0.4, 0.5) is 0 Å². The molecule has 0 aromatic carbocycles. The van der Waals surface area contributed by atoms with Gasteiger partial charge in [-0.1, -0.05) is 12.2 Å². The van der Waals surface area contributed by atoms with E-state index in [4.69, 9.17) is 0 Å². The third-order valence-corrected chi connectivity index (χ3v) is 2.69. The molecule has 9 heavy (non-hydrogen) atoms. The molecule has 2 rings (SSSR count). The van der Waals surface area contributed by atoms with Gasteiger partial charge in [-0.05, 0) is 31.1 Å². The fraction of sp³-hybridized carbons (Fsp3) is 0.750. The second kappa shape index (κ2) is 1.84. The molecular weight excluding hydrogens is 112 g/mol. The normalized spacial score (nSPS) is 47.9. The lowest BCUT2D eigenvalue weighted by Crippen LogP contribution is -2.36. The summed E-state index contributed by atoms with van der Waals surface area (Å²) in [5.74, 6) is 1.44. The van der Waals surface area contributed by atoms with E-state index in [1.165, 1.54) is 19.3 Å². The summed E-state index contributed by atoms with van der Waals surface area (Å²) in [6.07, 6.45) is 7.74. The molecule has 0 aliphatic heterocycles. The maximum atomic E-state index is 9.31. The first-order valence-electron chi connectivity index (χ1n) is 3.72. The highest BCUT2D eigenvalue weighted by atomic mass is 16.3. The summed E-state index contributed by atoms with van der Waals surface area (Å²) in [6.45, 7) is 0. The van der Waals surface area contributed by atoms with Gasteiger partial charge >= 0.3 is 0 Å². The molecular formula is C8H12O. The Labute approximate surface area is 55.4 Å².